The Balaban J connectivity index is 1.96. The van der Waals surface area contributed by atoms with Crippen molar-refractivity contribution in [3.8, 4) is 11.5 Å². The van der Waals surface area contributed by atoms with Gasteiger partial charge >= 0.3 is 0 Å². The number of hydrogen-bond acceptors (Lipinski definition) is 3. The van der Waals surface area contributed by atoms with E-state index < -0.39 is 0 Å². The van der Waals surface area contributed by atoms with Gasteiger partial charge in [0, 0.05) is 11.1 Å². The Hall–Kier alpha value is -2.29. The van der Waals surface area contributed by atoms with Crippen LogP contribution < -0.4 is 9.47 Å². The lowest BCUT2D eigenvalue weighted by atomic mass is 9.86. The summed E-state index contributed by atoms with van der Waals surface area (Å²) in [5.41, 5.74) is 2.70. The van der Waals surface area contributed by atoms with Gasteiger partial charge in [-0.2, -0.15) is 0 Å². The molecular weight excluding hydrogens is 264 g/mol. The van der Waals surface area contributed by atoms with Gasteiger partial charge in [-0.3, -0.25) is 4.79 Å². The number of ether oxygens (including phenoxy) is 2. The number of fused-ring (bicyclic) bond motifs is 1. The van der Waals surface area contributed by atoms with Crippen molar-refractivity contribution >= 4 is 5.78 Å². The van der Waals surface area contributed by atoms with E-state index >= 15 is 0 Å². The fraction of sp³-hybridized carbons (Fsp3) is 0.278. The number of para-hydroxylation sites is 1. The quantitative estimate of drug-likeness (QED) is 0.804. The maximum atomic E-state index is 12.8. The van der Waals surface area contributed by atoms with E-state index in [-0.39, 0.29) is 11.7 Å². The molecular formula is C18H18O3. The second kappa shape index (κ2) is 5.60. The first-order valence-electron chi connectivity index (χ1n) is 7.11. The molecule has 2 aromatic rings. The summed E-state index contributed by atoms with van der Waals surface area (Å²) in [5.74, 6) is 1.56. The van der Waals surface area contributed by atoms with Crippen molar-refractivity contribution in [3.05, 3.63) is 59.2 Å². The third kappa shape index (κ3) is 2.51. The molecule has 0 N–H and O–H groups in total. The number of rotatable bonds is 3. The van der Waals surface area contributed by atoms with E-state index in [0.29, 0.717) is 18.6 Å². The molecule has 0 fully saturated rings. The van der Waals surface area contributed by atoms with Gasteiger partial charge in [-0.05, 0) is 31.0 Å². The summed E-state index contributed by atoms with van der Waals surface area (Å²) in [6.07, 6.45) is 0.714. The number of aryl methyl sites for hydroxylation is 1. The molecule has 1 aliphatic rings. The number of Topliss-reactive ketones (excluding diaryl/α,β-unsaturated/α-hetero) is 1. The van der Waals surface area contributed by atoms with Crippen LogP contribution in [0.15, 0.2) is 42.5 Å². The number of methoxy groups -OCH3 is 1. The highest BCUT2D eigenvalue weighted by molar-refractivity contribution is 6.01. The first kappa shape index (κ1) is 13.7. The molecule has 1 heterocycles. The van der Waals surface area contributed by atoms with E-state index in [1.54, 1.807) is 7.11 Å². The summed E-state index contributed by atoms with van der Waals surface area (Å²) < 4.78 is 10.9. The average Bonchev–Trinajstić information content (AvgIpc) is 2.54. The van der Waals surface area contributed by atoms with Crippen LogP contribution in [0, 0.1) is 6.92 Å². The Morgan fingerprint density at radius 2 is 2.05 bits per heavy atom. The lowest BCUT2D eigenvalue weighted by Crippen LogP contribution is -2.21. The Morgan fingerprint density at radius 3 is 2.86 bits per heavy atom. The second-order valence-corrected chi connectivity index (χ2v) is 5.28. The zero-order chi connectivity index (χ0) is 14.8. The van der Waals surface area contributed by atoms with Gasteiger partial charge in [-0.25, -0.2) is 0 Å². The molecule has 0 bridgehead atoms. The van der Waals surface area contributed by atoms with Gasteiger partial charge in [-0.15, -0.1) is 0 Å². The molecule has 0 aliphatic carbocycles. The van der Waals surface area contributed by atoms with Gasteiger partial charge in [0.05, 0.1) is 19.6 Å². The van der Waals surface area contributed by atoms with Gasteiger partial charge in [-0.1, -0.05) is 30.3 Å². The van der Waals surface area contributed by atoms with Crippen LogP contribution in [-0.4, -0.2) is 19.5 Å². The van der Waals surface area contributed by atoms with E-state index in [1.807, 2.05) is 49.4 Å². The van der Waals surface area contributed by atoms with E-state index in [0.717, 1.165) is 22.6 Å². The Labute approximate surface area is 124 Å². The van der Waals surface area contributed by atoms with Crippen LogP contribution >= 0.6 is 0 Å². The van der Waals surface area contributed by atoms with Crippen molar-refractivity contribution in [2.24, 2.45) is 0 Å². The smallest absolute Gasteiger partial charge is 0.170 e. The zero-order valence-corrected chi connectivity index (χ0v) is 12.3. The molecule has 3 nitrogen and oxygen atoms in total. The number of ketones is 1. The minimum Gasteiger partial charge on any atom is -0.496 e. The fourth-order valence-electron chi connectivity index (χ4n) is 2.79. The van der Waals surface area contributed by atoms with E-state index in [9.17, 15) is 4.79 Å². The minimum atomic E-state index is -0.137. The summed E-state index contributed by atoms with van der Waals surface area (Å²) in [6, 6.07) is 13.4. The maximum Gasteiger partial charge on any atom is 0.170 e. The number of carbonyl (C=O) groups is 1. The van der Waals surface area contributed by atoms with Crippen LogP contribution in [0.4, 0.5) is 0 Å². The van der Waals surface area contributed by atoms with Crippen molar-refractivity contribution in [1.82, 2.24) is 0 Å². The topological polar surface area (TPSA) is 35.5 Å². The van der Waals surface area contributed by atoms with Crippen LogP contribution in [-0.2, 0) is 0 Å². The van der Waals surface area contributed by atoms with Gasteiger partial charge in [0.15, 0.2) is 5.78 Å². The van der Waals surface area contributed by atoms with Crippen molar-refractivity contribution in [2.45, 2.75) is 19.3 Å². The van der Waals surface area contributed by atoms with Crippen molar-refractivity contribution < 1.29 is 14.3 Å². The number of hydrogen-bond donors (Lipinski definition) is 0. The van der Waals surface area contributed by atoms with Crippen molar-refractivity contribution in [1.29, 1.82) is 0 Å². The molecule has 0 amide bonds. The maximum absolute atomic E-state index is 12.8. The highest BCUT2D eigenvalue weighted by Crippen LogP contribution is 2.36. The normalized spacial score (nSPS) is 16.8. The summed E-state index contributed by atoms with van der Waals surface area (Å²) in [4.78, 5) is 12.8. The van der Waals surface area contributed by atoms with Crippen LogP contribution in [0.2, 0.25) is 0 Å². The largest absolute Gasteiger partial charge is 0.496 e. The van der Waals surface area contributed by atoms with Gasteiger partial charge in [0.1, 0.15) is 11.5 Å². The molecule has 108 valence electrons. The fourth-order valence-corrected chi connectivity index (χ4v) is 2.79. The highest BCUT2D eigenvalue weighted by atomic mass is 16.5. The number of benzene rings is 2. The van der Waals surface area contributed by atoms with Crippen molar-refractivity contribution in [3.63, 3.8) is 0 Å². The van der Waals surface area contributed by atoms with Crippen LogP contribution in [0.25, 0.3) is 0 Å². The second-order valence-electron chi connectivity index (χ2n) is 5.28. The molecule has 0 aromatic heterocycles. The first-order chi connectivity index (χ1) is 10.2. The van der Waals surface area contributed by atoms with E-state index in [4.69, 9.17) is 9.47 Å². The molecule has 3 rings (SSSR count). The van der Waals surface area contributed by atoms with Crippen molar-refractivity contribution in [2.75, 3.05) is 13.7 Å². The third-order valence-electron chi connectivity index (χ3n) is 3.97. The van der Waals surface area contributed by atoms with Crippen LogP contribution in [0.5, 0.6) is 11.5 Å². The molecule has 21 heavy (non-hydrogen) atoms. The predicted molar refractivity (Wildman–Crippen MR) is 81.4 cm³/mol. The average molecular weight is 282 g/mol. The summed E-state index contributed by atoms with van der Waals surface area (Å²) in [6.45, 7) is 2.55. The third-order valence-corrected chi connectivity index (χ3v) is 3.97. The van der Waals surface area contributed by atoms with Crippen LogP contribution in [0.3, 0.4) is 0 Å². The SMILES string of the molecule is COc1cc(C(=O)C2CCOc3ccccc32)ccc1C. The van der Waals surface area contributed by atoms with E-state index in [2.05, 4.69) is 0 Å². The number of carbonyl (C=O) groups excluding carboxylic acids is 1. The molecule has 2 aromatic carbocycles. The molecule has 0 saturated carbocycles. The molecule has 1 unspecified atom stereocenters. The monoisotopic (exact) mass is 282 g/mol. The molecule has 0 radical (unpaired) electrons. The molecule has 1 atom stereocenters. The lowest BCUT2D eigenvalue weighted by molar-refractivity contribution is 0.0932. The van der Waals surface area contributed by atoms with Gasteiger partial charge in [0.2, 0.25) is 0 Å². The molecule has 3 heteroatoms. The zero-order valence-electron chi connectivity index (χ0n) is 12.3. The molecule has 0 spiro atoms. The lowest BCUT2D eigenvalue weighted by Gasteiger charge is -2.25. The minimum absolute atomic E-state index is 0.129. The Kier molecular flexibility index (Phi) is 3.65. The molecule has 1 aliphatic heterocycles. The van der Waals surface area contributed by atoms with Gasteiger partial charge in [0.25, 0.3) is 0 Å². The summed E-state index contributed by atoms with van der Waals surface area (Å²) >= 11 is 0. The Morgan fingerprint density at radius 1 is 1.24 bits per heavy atom. The van der Waals surface area contributed by atoms with Crippen LogP contribution in [0.1, 0.15) is 33.8 Å². The molecule has 0 saturated heterocycles. The predicted octanol–water partition coefficient (Wildman–Crippen LogP) is 3.75. The highest BCUT2D eigenvalue weighted by Gasteiger charge is 2.28. The van der Waals surface area contributed by atoms with E-state index in [1.165, 1.54) is 0 Å². The summed E-state index contributed by atoms with van der Waals surface area (Å²) in [5, 5.41) is 0. The van der Waals surface area contributed by atoms with Gasteiger partial charge < -0.3 is 9.47 Å². The first-order valence-corrected chi connectivity index (χ1v) is 7.11. The summed E-state index contributed by atoms with van der Waals surface area (Å²) in [7, 11) is 1.63. The Bertz CT molecular complexity index is 676. The standard InChI is InChI=1S/C18H18O3/c1-12-7-8-13(11-17(12)20-2)18(19)15-9-10-21-16-6-4-3-5-14(15)16/h3-8,11,15H,9-10H2,1-2H3.